The van der Waals surface area contributed by atoms with Crippen LogP contribution in [0.3, 0.4) is 0 Å². The lowest BCUT2D eigenvalue weighted by molar-refractivity contribution is -0.120. The Bertz CT molecular complexity index is 416. The first-order chi connectivity index (χ1) is 8.18. The maximum atomic E-state index is 11.5. The number of rotatable bonds is 2. The Morgan fingerprint density at radius 1 is 1.35 bits per heavy atom. The maximum Gasteiger partial charge on any atom is 0.220 e. The fourth-order valence-corrected chi connectivity index (χ4v) is 2.76. The van der Waals surface area contributed by atoms with Crippen molar-refractivity contribution in [3.63, 3.8) is 0 Å². The molecule has 1 aromatic rings. The third kappa shape index (κ3) is 2.34. The highest BCUT2D eigenvalue weighted by molar-refractivity contribution is 5.76. The van der Waals surface area contributed by atoms with Gasteiger partial charge in [0.25, 0.3) is 0 Å². The molecule has 17 heavy (non-hydrogen) atoms. The van der Waals surface area contributed by atoms with Crippen LogP contribution in [0.2, 0.25) is 0 Å². The number of nitrogens with two attached hydrogens (primary N) is 1. The first-order valence-electron chi connectivity index (χ1n) is 6.21. The van der Waals surface area contributed by atoms with Gasteiger partial charge in [0, 0.05) is 24.9 Å². The number of hydrogen-bond acceptors (Lipinski definition) is 2. The van der Waals surface area contributed by atoms with Gasteiger partial charge in [-0.15, -0.1) is 0 Å². The topological polar surface area (TPSA) is 55.1 Å². The fraction of sp³-hybridized carbons (Fsp3) is 0.500. The van der Waals surface area contributed by atoms with Gasteiger partial charge in [0.05, 0.1) is 0 Å². The zero-order valence-corrected chi connectivity index (χ0v) is 10.3. The van der Waals surface area contributed by atoms with Gasteiger partial charge < -0.3 is 11.1 Å². The van der Waals surface area contributed by atoms with E-state index in [2.05, 4.69) is 30.4 Å². The van der Waals surface area contributed by atoms with Gasteiger partial charge in [0.1, 0.15) is 0 Å². The van der Waals surface area contributed by atoms with E-state index in [0.717, 1.165) is 19.4 Å². The molecule has 3 heteroatoms. The SMILES string of the molecule is Cc1ccccc1C1(CN)CCNC(=O)CC1. The molecule has 0 aliphatic carbocycles. The summed E-state index contributed by atoms with van der Waals surface area (Å²) in [6.07, 6.45) is 2.35. The highest BCUT2D eigenvalue weighted by Crippen LogP contribution is 2.35. The predicted molar refractivity (Wildman–Crippen MR) is 68.8 cm³/mol. The molecule has 0 bridgehead atoms. The van der Waals surface area contributed by atoms with Crippen molar-refractivity contribution in [1.29, 1.82) is 0 Å². The van der Waals surface area contributed by atoms with Gasteiger partial charge in [0.2, 0.25) is 5.91 Å². The second-order valence-corrected chi connectivity index (χ2v) is 4.90. The highest BCUT2D eigenvalue weighted by Gasteiger charge is 2.34. The van der Waals surface area contributed by atoms with Crippen LogP contribution >= 0.6 is 0 Å². The van der Waals surface area contributed by atoms with Crippen LogP contribution in [0.4, 0.5) is 0 Å². The summed E-state index contributed by atoms with van der Waals surface area (Å²) in [5, 5.41) is 2.93. The molecule has 92 valence electrons. The summed E-state index contributed by atoms with van der Waals surface area (Å²) in [4.78, 5) is 11.5. The Labute approximate surface area is 102 Å². The molecule has 1 saturated heterocycles. The van der Waals surface area contributed by atoms with Crippen LogP contribution in [0.15, 0.2) is 24.3 Å². The molecule has 1 aliphatic rings. The van der Waals surface area contributed by atoms with Gasteiger partial charge >= 0.3 is 0 Å². The molecule has 0 aromatic heterocycles. The lowest BCUT2D eigenvalue weighted by atomic mass is 9.73. The molecule has 1 atom stereocenters. The van der Waals surface area contributed by atoms with E-state index < -0.39 is 0 Å². The standard InChI is InChI=1S/C14H20N2O/c1-11-4-2-3-5-12(11)14(10-15)7-6-13(17)16-9-8-14/h2-5H,6-10,15H2,1H3,(H,16,17). The summed E-state index contributed by atoms with van der Waals surface area (Å²) < 4.78 is 0. The van der Waals surface area contributed by atoms with E-state index >= 15 is 0 Å². The van der Waals surface area contributed by atoms with Crippen LogP contribution in [-0.4, -0.2) is 19.0 Å². The Hall–Kier alpha value is -1.35. The van der Waals surface area contributed by atoms with Crippen molar-refractivity contribution in [3.05, 3.63) is 35.4 Å². The number of aryl methyl sites for hydroxylation is 1. The molecule has 1 heterocycles. The van der Waals surface area contributed by atoms with Crippen LogP contribution in [0.25, 0.3) is 0 Å². The van der Waals surface area contributed by atoms with E-state index in [1.165, 1.54) is 11.1 Å². The van der Waals surface area contributed by atoms with Crippen molar-refractivity contribution < 1.29 is 4.79 Å². The Morgan fingerprint density at radius 3 is 2.82 bits per heavy atom. The monoisotopic (exact) mass is 232 g/mol. The van der Waals surface area contributed by atoms with Crippen molar-refractivity contribution in [3.8, 4) is 0 Å². The third-order valence-electron chi connectivity index (χ3n) is 3.86. The third-order valence-corrected chi connectivity index (χ3v) is 3.86. The number of benzene rings is 1. The van der Waals surface area contributed by atoms with Gasteiger partial charge in [-0.05, 0) is 30.9 Å². The molecule has 1 fully saturated rings. The minimum Gasteiger partial charge on any atom is -0.356 e. The van der Waals surface area contributed by atoms with Crippen molar-refractivity contribution in [2.24, 2.45) is 5.73 Å². The van der Waals surface area contributed by atoms with E-state index in [1.807, 2.05) is 6.07 Å². The number of carbonyl (C=O) groups excluding carboxylic acids is 1. The normalized spacial score (nSPS) is 25.2. The van der Waals surface area contributed by atoms with E-state index in [0.29, 0.717) is 13.0 Å². The quantitative estimate of drug-likeness (QED) is 0.811. The number of nitrogens with one attached hydrogen (secondary N) is 1. The maximum absolute atomic E-state index is 11.5. The highest BCUT2D eigenvalue weighted by atomic mass is 16.1. The Kier molecular flexibility index (Phi) is 3.48. The molecule has 3 N–H and O–H groups in total. The van der Waals surface area contributed by atoms with E-state index in [9.17, 15) is 4.79 Å². The zero-order valence-electron chi connectivity index (χ0n) is 10.3. The minimum absolute atomic E-state index is 0.0372. The van der Waals surface area contributed by atoms with Gasteiger partial charge in [-0.2, -0.15) is 0 Å². The molecule has 0 saturated carbocycles. The van der Waals surface area contributed by atoms with Crippen molar-refractivity contribution in [1.82, 2.24) is 5.32 Å². The molecule has 1 aromatic carbocycles. The van der Waals surface area contributed by atoms with Crippen LogP contribution in [0.5, 0.6) is 0 Å². The van der Waals surface area contributed by atoms with Crippen LogP contribution in [0, 0.1) is 6.92 Å². The first-order valence-corrected chi connectivity index (χ1v) is 6.21. The largest absolute Gasteiger partial charge is 0.356 e. The molecule has 0 radical (unpaired) electrons. The average molecular weight is 232 g/mol. The zero-order chi connectivity index (χ0) is 12.3. The molecule has 3 nitrogen and oxygen atoms in total. The lowest BCUT2D eigenvalue weighted by Gasteiger charge is -2.32. The van der Waals surface area contributed by atoms with Crippen LogP contribution in [0.1, 0.15) is 30.4 Å². The Balaban J connectivity index is 2.36. The van der Waals surface area contributed by atoms with Gasteiger partial charge in [-0.3, -0.25) is 4.79 Å². The van der Waals surface area contributed by atoms with Gasteiger partial charge in [-0.1, -0.05) is 24.3 Å². The summed E-state index contributed by atoms with van der Waals surface area (Å²) >= 11 is 0. The summed E-state index contributed by atoms with van der Waals surface area (Å²) in [7, 11) is 0. The van der Waals surface area contributed by atoms with Crippen LogP contribution < -0.4 is 11.1 Å². The fourth-order valence-electron chi connectivity index (χ4n) is 2.76. The lowest BCUT2D eigenvalue weighted by Crippen LogP contribution is -2.36. The van der Waals surface area contributed by atoms with Crippen LogP contribution in [-0.2, 0) is 10.2 Å². The second kappa shape index (κ2) is 4.88. The van der Waals surface area contributed by atoms with Gasteiger partial charge in [0.15, 0.2) is 0 Å². The number of carbonyl (C=O) groups is 1. The summed E-state index contributed by atoms with van der Waals surface area (Å²) in [5.41, 5.74) is 8.55. The molecule has 0 spiro atoms. The van der Waals surface area contributed by atoms with E-state index in [4.69, 9.17) is 5.73 Å². The second-order valence-electron chi connectivity index (χ2n) is 4.90. The average Bonchev–Trinajstić information content (AvgIpc) is 2.53. The molecule has 2 rings (SSSR count). The van der Waals surface area contributed by atoms with E-state index in [1.54, 1.807) is 0 Å². The minimum atomic E-state index is -0.0372. The number of hydrogen-bond donors (Lipinski definition) is 2. The summed E-state index contributed by atoms with van der Waals surface area (Å²) in [5.74, 6) is 0.147. The molecular formula is C14H20N2O. The molecule has 1 aliphatic heterocycles. The predicted octanol–water partition coefficient (Wildman–Crippen LogP) is 1.49. The molecular weight excluding hydrogens is 212 g/mol. The molecule has 1 amide bonds. The smallest absolute Gasteiger partial charge is 0.220 e. The van der Waals surface area contributed by atoms with Crippen molar-refractivity contribution in [2.75, 3.05) is 13.1 Å². The van der Waals surface area contributed by atoms with Crippen molar-refractivity contribution in [2.45, 2.75) is 31.6 Å². The Morgan fingerprint density at radius 2 is 2.12 bits per heavy atom. The van der Waals surface area contributed by atoms with Crippen molar-refractivity contribution >= 4 is 5.91 Å². The first kappa shape index (κ1) is 12.1. The summed E-state index contributed by atoms with van der Waals surface area (Å²) in [6.45, 7) is 3.45. The molecule has 1 unspecified atom stereocenters. The summed E-state index contributed by atoms with van der Waals surface area (Å²) in [6, 6.07) is 8.37. The number of amides is 1. The van der Waals surface area contributed by atoms with Gasteiger partial charge in [-0.25, -0.2) is 0 Å². The van der Waals surface area contributed by atoms with E-state index in [-0.39, 0.29) is 11.3 Å².